The summed E-state index contributed by atoms with van der Waals surface area (Å²) in [7, 11) is 4.11. The van der Waals surface area contributed by atoms with E-state index in [1.54, 1.807) is 0 Å². The predicted molar refractivity (Wildman–Crippen MR) is 115 cm³/mol. The fraction of sp³-hybridized carbons (Fsp3) is 0.550. The van der Waals surface area contributed by atoms with Crippen LogP contribution in [0, 0.1) is 5.92 Å². The highest BCUT2D eigenvalue weighted by molar-refractivity contribution is 7.10. The van der Waals surface area contributed by atoms with Crippen molar-refractivity contribution in [1.82, 2.24) is 15.5 Å². The second-order valence-corrected chi connectivity index (χ2v) is 9.05. The van der Waals surface area contributed by atoms with Crippen LogP contribution in [0.25, 0.3) is 0 Å². The van der Waals surface area contributed by atoms with Crippen molar-refractivity contribution >= 4 is 28.6 Å². The molecule has 0 radical (unpaired) electrons. The van der Waals surface area contributed by atoms with Gasteiger partial charge in [0.05, 0.1) is 0 Å². The molecule has 0 spiro atoms. The van der Waals surface area contributed by atoms with Crippen LogP contribution in [-0.4, -0.2) is 44.6 Å². The highest BCUT2D eigenvalue weighted by Gasteiger charge is 2.31. The number of hydrogen-bond acceptors (Lipinski definition) is 4. The number of thiophene rings is 2. The Morgan fingerprint density at radius 2 is 2.08 bits per heavy atom. The summed E-state index contributed by atoms with van der Waals surface area (Å²) in [5.74, 6) is 2.01. The molecule has 0 saturated carbocycles. The van der Waals surface area contributed by atoms with Crippen molar-refractivity contribution in [3.05, 3.63) is 44.8 Å². The predicted octanol–water partition coefficient (Wildman–Crippen LogP) is 4.16. The molecule has 1 saturated heterocycles. The molecule has 0 aliphatic carbocycles. The molecule has 142 valence electrons. The Morgan fingerprint density at radius 3 is 2.77 bits per heavy atom. The topological polar surface area (TPSA) is 39.7 Å². The minimum absolute atomic E-state index is 0.494. The summed E-state index contributed by atoms with van der Waals surface area (Å²) in [5.41, 5.74) is 0. The molecule has 3 rings (SSSR count). The zero-order chi connectivity index (χ0) is 18.4. The molecule has 0 bridgehead atoms. The Balaban J connectivity index is 1.53. The fourth-order valence-corrected chi connectivity index (χ4v) is 5.52. The van der Waals surface area contributed by atoms with Gasteiger partial charge in [-0.05, 0) is 55.2 Å². The first-order valence-electron chi connectivity index (χ1n) is 9.40. The lowest BCUT2D eigenvalue weighted by Gasteiger charge is -2.39. The van der Waals surface area contributed by atoms with Crippen molar-refractivity contribution in [2.45, 2.75) is 31.7 Å². The van der Waals surface area contributed by atoms with Gasteiger partial charge >= 0.3 is 0 Å². The van der Waals surface area contributed by atoms with E-state index in [9.17, 15) is 0 Å². The normalized spacial score (nSPS) is 23.0. The summed E-state index contributed by atoms with van der Waals surface area (Å²) in [6, 6.07) is 9.28. The molecule has 1 aliphatic heterocycles. The number of aliphatic imine (C=N–C) groups is 1. The lowest BCUT2D eigenvalue weighted by molar-refractivity contribution is 0.125. The molecule has 0 aromatic carbocycles. The smallest absolute Gasteiger partial charge is 0.191 e. The first-order valence-corrected chi connectivity index (χ1v) is 11.2. The van der Waals surface area contributed by atoms with Crippen molar-refractivity contribution in [2.24, 2.45) is 10.9 Å². The summed E-state index contributed by atoms with van der Waals surface area (Å²) >= 11 is 3.70. The number of piperidine rings is 1. The van der Waals surface area contributed by atoms with Crippen LogP contribution in [0.1, 0.15) is 41.5 Å². The number of nitrogens with one attached hydrogen (secondary N) is 2. The average molecular weight is 391 g/mol. The van der Waals surface area contributed by atoms with E-state index in [1.807, 2.05) is 29.7 Å². The van der Waals surface area contributed by atoms with Gasteiger partial charge in [-0.25, -0.2) is 0 Å². The number of nitrogens with zero attached hydrogens (tertiary/aromatic N) is 2. The Bertz CT molecular complexity index is 666. The van der Waals surface area contributed by atoms with Gasteiger partial charge in [0.2, 0.25) is 0 Å². The third-order valence-electron chi connectivity index (χ3n) is 5.20. The second kappa shape index (κ2) is 9.53. The van der Waals surface area contributed by atoms with Crippen molar-refractivity contribution in [3.63, 3.8) is 0 Å². The standard InChI is InChI=1S/C20H30N4S2/c1-15(17-8-5-11-25-17)13-22-20(21-2)23-14-16-7-4-10-24(3)19(16)18-9-6-12-26-18/h5-6,8-9,11-12,15-16,19H,4,7,10,13-14H2,1-3H3,(H2,21,22,23). The van der Waals surface area contributed by atoms with E-state index in [2.05, 4.69) is 69.5 Å². The zero-order valence-electron chi connectivity index (χ0n) is 15.9. The van der Waals surface area contributed by atoms with Crippen LogP contribution in [0.5, 0.6) is 0 Å². The van der Waals surface area contributed by atoms with Crippen LogP contribution in [-0.2, 0) is 0 Å². The number of hydrogen-bond donors (Lipinski definition) is 2. The Hall–Kier alpha value is -1.37. The van der Waals surface area contributed by atoms with Crippen molar-refractivity contribution in [3.8, 4) is 0 Å². The van der Waals surface area contributed by atoms with E-state index in [-0.39, 0.29) is 0 Å². The van der Waals surface area contributed by atoms with E-state index in [0.717, 1.165) is 19.0 Å². The largest absolute Gasteiger partial charge is 0.356 e. The minimum atomic E-state index is 0.494. The maximum absolute atomic E-state index is 4.42. The third kappa shape index (κ3) is 4.87. The Kier molecular flexibility index (Phi) is 7.11. The van der Waals surface area contributed by atoms with Crippen LogP contribution in [0.2, 0.25) is 0 Å². The fourth-order valence-electron chi connectivity index (χ4n) is 3.75. The van der Waals surface area contributed by atoms with Crippen molar-refractivity contribution in [1.29, 1.82) is 0 Å². The van der Waals surface area contributed by atoms with E-state index in [4.69, 9.17) is 0 Å². The van der Waals surface area contributed by atoms with Crippen molar-refractivity contribution < 1.29 is 0 Å². The molecule has 3 atom stereocenters. The van der Waals surface area contributed by atoms with E-state index in [1.165, 1.54) is 29.1 Å². The summed E-state index contributed by atoms with van der Waals surface area (Å²) in [5, 5.41) is 11.4. The number of likely N-dealkylation sites (tertiary alicyclic amines) is 1. The maximum atomic E-state index is 4.42. The maximum Gasteiger partial charge on any atom is 0.191 e. The molecular formula is C20H30N4S2. The molecule has 3 unspecified atom stereocenters. The summed E-state index contributed by atoms with van der Waals surface area (Å²) in [4.78, 5) is 9.83. The lowest BCUT2D eigenvalue weighted by atomic mass is 9.88. The minimum Gasteiger partial charge on any atom is -0.356 e. The van der Waals surface area contributed by atoms with Gasteiger partial charge in [-0.15, -0.1) is 22.7 Å². The van der Waals surface area contributed by atoms with Gasteiger partial charge in [0.15, 0.2) is 5.96 Å². The van der Waals surface area contributed by atoms with E-state index >= 15 is 0 Å². The van der Waals surface area contributed by atoms with Crippen molar-refractivity contribution in [2.75, 3.05) is 33.7 Å². The van der Waals surface area contributed by atoms with Gasteiger partial charge < -0.3 is 10.6 Å². The molecule has 2 aromatic heterocycles. The SMILES string of the molecule is CN=C(NCC(C)c1cccs1)NCC1CCCN(C)C1c1cccs1. The Morgan fingerprint density at radius 1 is 1.27 bits per heavy atom. The monoisotopic (exact) mass is 390 g/mol. The van der Waals surface area contributed by atoms with Gasteiger partial charge in [0.1, 0.15) is 0 Å². The Labute approximate surface area is 165 Å². The van der Waals surface area contributed by atoms with Crippen LogP contribution in [0.15, 0.2) is 40.0 Å². The highest BCUT2D eigenvalue weighted by atomic mass is 32.1. The molecular weight excluding hydrogens is 360 g/mol. The average Bonchev–Trinajstić information content (AvgIpc) is 3.35. The molecule has 2 N–H and O–H groups in total. The number of rotatable bonds is 6. The lowest BCUT2D eigenvalue weighted by Crippen LogP contribution is -2.45. The molecule has 0 amide bonds. The van der Waals surface area contributed by atoms with Crippen LogP contribution < -0.4 is 10.6 Å². The van der Waals surface area contributed by atoms with E-state index < -0.39 is 0 Å². The van der Waals surface area contributed by atoms with Crippen LogP contribution in [0.4, 0.5) is 0 Å². The first kappa shape index (κ1) is 19.4. The van der Waals surface area contributed by atoms with Crippen LogP contribution >= 0.6 is 22.7 Å². The van der Waals surface area contributed by atoms with Gasteiger partial charge in [0.25, 0.3) is 0 Å². The van der Waals surface area contributed by atoms with Crippen LogP contribution in [0.3, 0.4) is 0 Å². The summed E-state index contributed by atoms with van der Waals surface area (Å²) in [6.07, 6.45) is 2.54. The zero-order valence-corrected chi connectivity index (χ0v) is 17.6. The van der Waals surface area contributed by atoms with E-state index in [0.29, 0.717) is 17.9 Å². The summed E-state index contributed by atoms with van der Waals surface area (Å²) < 4.78 is 0. The van der Waals surface area contributed by atoms with Gasteiger partial charge in [-0.3, -0.25) is 9.89 Å². The highest BCUT2D eigenvalue weighted by Crippen LogP contribution is 2.36. The molecule has 4 nitrogen and oxygen atoms in total. The quantitative estimate of drug-likeness (QED) is 0.575. The second-order valence-electron chi connectivity index (χ2n) is 7.09. The molecule has 26 heavy (non-hydrogen) atoms. The molecule has 3 heterocycles. The molecule has 2 aromatic rings. The first-order chi connectivity index (χ1) is 12.7. The van der Waals surface area contributed by atoms with Gasteiger partial charge in [-0.1, -0.05) is 19.1 Å². The molecule has 1 fully saturated rings. The number of guanidine groups is 1. The summed E-state index contributed by atoms with van der Waals surface area (Å²) in [6.45, 7) is 5.30. The molecule has 1 aliphatic rings. The van der Waals surface area contributed by atoms with Gasteiger partial charge in [0, 0.05) is 41.9 Å². The third-order valence-corrected chi connectivity index (χ3v) is 7.25. The molecule has 6 heteroatoms. The van der Waals surface area contributed by atoms with Gasteiger partial charge in [-0.2, -0.15) is 0 Å².